The van der Waals surface area contributed by atoms with Crippen molar-refractivity contribution in [2.24, 2.45) is 5.10 Å². The second kappa shape index (κ2) is 8.26. The van der Waals surface area contributed by atoms with Crippen molar-refractivity contribution in [1.82, 2.24) is 10.3 Å². The summed E-state index contributed by atoms with van der Waals surface area (Å²) in [7, 11) is -4.07. The molecule has 3 rings (SSSR count). The highest BCUT2D eigenvalue weighted by atomic mass is 32.2. The molecule has 29 heavy (non-hydrogen) atoms. The van der Waals surface area contributed by atoms with Crippen LogP contribution in [0, 0.1) is 6.92 Å². The molecule has 1 aliphatic rings. The highest BCUT2D eigenvalue weighted by Crippen LogP contribution is 2.43. The molecule has 0 saturated heterocycles. The van der Waals surface area contributed by atoms with E-state index in [4.69, 9.17) is 4.18 Å². The van der Waals surface area contributed by atoms with E-state index in [0.717, 1.165) is 17.3 Å². The van der Waals surface area contributed by atoms with E-state index < -0.39 is 15.5 Å². The molecule has 0 fully saturated rings. The van der Waals surface area contributed by atoms with Crippen LogP contribution in [-0.4, -0.2) is 30.4 Å². The summed E-state index contributed by atoms with van der Waals surface area (Å²) in [5, 5.41) is 7.40. The minimum absolute atomic E-state index is 0.0237. The Hall–Kier alpha value is -2.85. The van der Waals surface area contributed by atoms with Crippen LogP contribution in [0.1, 0.15) is 30.3 Å². The van der Waals surface area contributed by atoms with Crippen LogP contribution in [0.3, 0.4) is 0 Å². The van der Waals surface area contributed by atoms with Crippen LogP contribution in [0.5, 0.6) is 5.75 Å². The van der Waals surface area contributed by atoms with Crippen LogP contribution in [0.4, 0.5) is 0 Å². The minimum Gasteiger partial charge on any atom is -0.379 e. The number of amidine groups is 1. The van der Waals surface area contributed by atoms with Gasteiger partial charge in [-0.2, -0.15) is 8.42 Å². The lowest BCUT2D eigenvalue weighted by molar-refractivity contribution is -0.129. The molecule has 0 aliphatic carbocycles. The van der Waals surface area contributed by atoms with Gasteiger partial charge in [-0.25, -0.2) is 5.01 Å². The van der Waals surface area contributed by atoms with Gasteiger partial charge in [-0.1, -0.05) is 47.7 Å². The van der Waals surface area contributed by atoms with Crippen molar-refractivity contribution in [3.05, 3.63) is 59.7 Å². The number of carbonyl (C=O) groups is 2. The van der Waals surface area contributed by atoms with Gasteiger partial charge in [0.1, 0.15) is 16.0 Å². The van der Waals surface area contributed by atoms with E-state index in [1.54, 1.807) is 30.3 Å². The van der Waals surface area contributed by atoms with Crippen molar-refractivity contribution in [3.63, 3.8) is 0 Å². The Bertz CT molecular complexity index is 1080. The monoisotopic (exact) mass is 433 g/mol. The van der Waals surface area contributed by atoms with Gasteiger partial charge >= 0.3 is 10.1 Å². The molecule has 152 valence electrons. The van der Waals surface area contributed by atoms with Crippen LogP contribution in [0.2, 0.25) is 0 Å². The summed E-state index contributed by atoms with van der Waals surface area (Å²) in [6.07, 6.45) is 0. The number of nitrogens with zero attached hydrogens (tertiary/aromatic N) is 2. The second-order valence-electron chi connectivity index (χ2n) is 6.31. The lowest BCUT2D eigenvalue weighted by Crippen LogP contribution is -2.25. The summed E-state index contributed by atoms with van der Waals surface area (Å²) in [5.41, 5.74) is 1.36. The van der Waals surface area contributed by atoms with Gasteiger partial charge in [0.2, 0.25) is 11.8 Å². The Labute approximate surface area is 173 Å². The molecule has 8 nitrogen and oxygen atoms in total. The first-order valence-corrected chi connectivity index (χ1v) is 10.9. The maximum atomic E-state index is 12.7. The first-order chi connectivity index (χ1) is 13.7. The third-order valence-corrected chi connectivity index (χ3v) is 6.28. The van der Waals surface area contributed by atoms with Crippen molar-refractivity contribution in [3.8, 4) is 5.75 Å². The maximum Gasteiger partial charge on any atom is 0.339 e. The Morgan fingerprint density at radius 1 is 1.10 bits per heavy atom. The minimum atomic E-state index is -4.07. The van der Waals surface area contributed by atoms with E-state index in [2.05, 4.69) is 10.4 Å². The predicted octanol–water partition coefficient (Wildman–Crippen LogP) is 2.76. The second-order valence-corrected chi connectivity index (χ2v) is 8.92. The standard InChI is InChI=1S/C19H19N3O5S2/c1-12-8-10-15(11-9-12)29(25,26)27-17-7-5-4-6-16(17)18-22(14(3)24)21-19(28-18)20-13(2)23/h4-11,18H,1-3H3,(H,20,21,23)/t18-/m1/s1. The average molecular weight is 434 g/mol. The smallest absolute Gasteiger partial charge is 0.339 e. The number of amides is 2. The maximum absolute atomic E-state index is 12.7. The first-order valence-electron chi connectivity index (χ1n) is 8.60. The van der Waals surface area contributed by atoms with Gasteiger partial charge in [-0.15, -0.1) is 5.10 Å². The first kappa shape index (κ1) is 20.9. The van der Waals surface area contributed by atoms with Crippen molar-refractivity contribution in [1.29, 1.82) is 0 Å². The molecule has 0 bridgehead atoms. The number of hydrogen-bond acceptors (Lipinski definition) is 7. The molecule has 0 saturated carbocycles. The lowest BCUT2D eigenvalue weighted by Gasteiger charge is -2.21. The number of hydrogen-bond donors (Lipinski definition) is 1. The molecule has 1 atom stereocenters. The number of thioether (sulfide) groups is 1. The molecule has 0 unspecified atom stereocenters. The van der Waals surface area contributed by atoms with Crippen molar-refractivity contribution in [2.75, 3.05) is 0 Å². The Morgan fingerprint density at radius 3 is 2.38 bits per heavy atom. The van der Waals surface area contributed by atoms with Gasteiger partial charge < -0.3 is 9.50 Å². The summed E-state index contributed by atoms with van der Waals surface area (Å²) in [6, 6.07) is 12.8. The number of rotatable bonds is 4. The number of para-hydroxylation sites is 1. The molecule has 0 spiro atoms. The molecule has 10 heteroatoms. The summed E-state index contributed by atoms with van der Waals surface area (Å²) < 4.78 is 30.8. The third-order valence-electron chi connectivity index (χ3n) is 3.94. The molecular weight excluding hydrogens is 414 g/mol. The topological polar surface area (TPSA) is 105 Å². The number of carbonyl (C=O) groups excluding carboxylic acids is 2. The fourth-order valence-electron chi connectivity index (χ4n) is 2.60. The lowest BCUT2D eigenvalue weighted by atomic mass is 10.2. The molecule has 2 amide bonds. The summed E-state index contributed by atoms with van der Waals surface area (Å²) in [5.74, 6) is -0.609. The highest BCUT2D eigenvalue weighted by Gasteiger charge is 2.35. The van der Waals surface area contributed by atoms with E-state index in [1.165, 1.54) is 37.1 Å². The highest BCUT2D eigenvalue weighted by molar-refractivity contribution is 8.14. The molecular formula is C19H19N3O5S2. The fourth-order valence-corrected chi connectivity index (χ4v) is 4.72. The van der Waals surface area contributed by atoms with Gasteiger partial charge in [0.05, 0.1) is 0 Å². The molecule has 0 radical (unpaired) electrons. The number of hydrazone groups is 1. The van der Waals surface area contributed by atoms with Gasteiger partial charge in [-0.3, -0.25) is 9.59 Å². The Morgan fingerprint density at radius 2 is 1.76 bits per heavy atom. The number of benzene rings is 2. The Kier molecular flexibility index (Phi) is 5.94. The quantitative estimate of drug-likeness (QED) is 0.744. The zero-order valence-electron chi connectivity index (χ0n) is 15.9. The summed E-state index contributed by atoms with van der Waals surface area (Å²) in [6.45, 7) is 4.52. The largest absolute Gasteiger partial charge is 0.379 e. The van der Waals surface area contributed by atoms with E-state index in [1.807, 2.05) is 6.92 Å². The third kappa shape index (κ3) is 4.77. The normalized spacial score (nSPS) is 16.3. The van der Waals surface area contributed by atoms with Gasteiger partial charge in [0.25, 0.3) is 0 Å². The molecule has 2 aromatic rings. The van der Waals surface area contributed by atoms with Crippen LogP contribution in [0.25, 0.3) is 0 Å². The SMILES string of the molecule is CC(=O)NC1=NN(C(C)=O)[C@@H](c2ccccc2OS(=O)(=O)c2ccc(C)cc2)S1. The average Bonchev–Trinajstić information content (AvgIpc) is 3.05. The zero-order valence-corrected chi connectivity index (χ0v) is 17.6. The van der Waals surface area contributed by atoms with Crippen LogP contribution in [-0.2, 0) is 19.7 Å². The molecule has 1 heterocycles. The fraction of sp³-hybridized carbons (Fsp3) is 0.211. The van der Waals surface area contributed by atoms with Crippen LogP contribution >= 0.6 is 11.8 Å². The van der Waals surface area contributed by atoms with E-state index in [0.29, 0.717) is 5.56 Å². The zero-order chi connectivity index (χ0) is 21.2. The van der Waals surface area contributed by atoms with Crippen molar-refractivity contribution >= 4 is 38.9 Å². The van der Waals surface area contributed by atoms with Gasteiger partial charge in [0, 0.05) is 19.4 Å². The number of aryl methyl sites for hydroxylation is 1. The van der Waals surface area contributed by atoms with E-state index in [9.17, 15) is 18.0 Å². The molecule has 1 N–H and O–H groups in total. The summed E-state index contributed by atoms with van der Waals surface area (Å²) >= 11 is 1.11. The van der Waals surface area contributed by atoms with E-state index >= 15 is 0 Å². The van der Waals surface area contributed by atoms with Crippen LogP contribution < -0.4 is 9.50 Å². The van der Waals surface area contributed by atoms with Gasteiger partial charge in [0.15, 0.2) is 5.17 Å². The van der Waals surface area contributed by atoms with Gasteiger partial charge in [-0.05, 0) is 25.1 Å². The predicted molar refractivity (Wildman–Crippen MR) is 110 cm³/mol. The Balaban J connectivity index is 1.94. The number of nitrogens with one attached hydrogen (secondary N) is 1. The molecule has 1 aliphatic heterocycles. The molecule has 0 aromatic heterocycles. The van der Waals surface area contributed by atoms with Crippen LogP contribution in [0.15, 0.2) is 58.5 Å². The molecule has 2 aromatic carbocycles. The van der Waals surface area contributed by atoms with Crippen molar-refractivity contribution in [2.45, 2.75) is 31.0 Å². The summed E-state index contributed by atoms with van der Waals surface area (Å²) in [4.78, 5) is 23.4. The van der Waals surface area contributed by atoms with Crippen molar-refractivity contribution < 1.29 is 22.2 Å². The van der Waals surface area contributed by atoms with E-state index in [-0.39, 0.29) is 27.6 Å².